The van der Waals surface area contributed by atoms with Crippen molar-refractivity contribution in [2.45, 2.75) is 65.7 Å². The number of rotatable bonds is 13. The van der Waals surface area contributed by atoms with Crippen LogP contribution in [-0.2, 0) is 12.8 Å². The molecule has 2 unspecified atom stereocenters. The minimum atomic E-state index is -0.0854. The van der Waals surface area contributed by atoms with Gasteiger partial charge < -0.3 is 4.90 Å². The summed E-state index contributed by atoms with van der Waals surface area (Å²) in [6.45, 7) is 23.3. The molecule has 238 valence electrons. The van der Waals surface area contributed by atoms with Gasteiger partial charge in [0.1, 0.15) is 11.7 Å². The van der Waals surface area contributed by atoms with Crippen molar-refractivity contribution in [1.29, 1.82) is 5.41 Å². The fourth-order valence-electron chi connectivity index (χ4n) is 5.94. The third-order valence-corrected chi connectivity index (χ3v) is 8.57. The molecule has 1 aliphatic carbocycles. The van der Waals surface area contributed by atoms with Crippen LogP contribution in [0.5, 0.6) is 0 Å². The third-order valence-electron chi connectivity index (χ3n) is 8.57. The SMILES string of the molecule is C=CCc1ccc(CCCC2CC2C2CCN(C/N=C\C(C)=C/CN=C)CC2)cc1F.C=CN1CCN(C)CC1=N.CC. The summed E-state index contributed by atoms with van der Waals surface area (Å²) >= 11 is 0. The normalized spacial score (nSPS) is 21.5. The number of nitrogens with zero attached hydrogens (tertiary/aromatic N) is 5. The maximum Gasteiger partial charge on any atom is 0.126 e. The average Bonchev–Trinajstić information content (AvgIpc) is 3.79. The summed E-state index contributed by atoms with van der Waals surface area (Å²) in [6, 6.07) is 5.72. The molecule has 7 heteroatoms. The highest BCUT2D eigenvalue weighted by Gasteiger charge is 2.42. The van der Waals surface area contributed by atoms with Gasteiger partial charge in [-0.2, -0.15) is 0 Å². The minimum Gasteiger partial charge on any atom is -0.335 e. The summed E-state index contributed by atoms with van der Waals surface area (Å²) in [5.74, 6) is 3.27. The molecule has 0 amide bonds. The predicted molar refractivity (Wildman–Crippen MR) is 184 cm³/mol. The van der Waals surface area contributed by atoms with Gasteiger partial charge in [0.05, 0.1) is 19.8 Å². The Morgan fingerprint density at radius 3 is 2.51 bits per heavy atom. The van der Waals surface area contributed by atoms with E-state index in [0.717, 1.165) is 67.2 Å². The Morgan fingerprint density at radius 2 is 1.88 bits per heavy atom. The van der Waals surface area contributed by atoms with E-state index < -0.39 is 0 Å². The fraction of sp³-hybridized carbons (Fsp3) is 0.583. The van der Waals surface area contributed by atoms with Crippen LogP contribution in [0.1, 0.15) is 64.0 Å². The number of hydrogen-bond acceptors (Lipinski definition) is 5. The number of aryl methyl sites for hydroxylation is 1. The van der Waals surface area contributed by atoms with Crippen molar-refractivity contribution in [3.63, 3.8) is 0 Å². The molecule has 1 aromatic rings. The van der Waals surface area contributed by atoms with Gasteiger partial charge in [-0.1, -0.05) is 44.7 Å². The van der Waals surface area contributed by atoms with Gasteiger partial charge in [-0.3, -0.25) is 25.2 Å². The maximum absolute atomic E-state index is 14.1. The second-order valence-electron chi connectivity index (χ2n) is 11.8. The predicted octanol–water partition coefficient (Wildman–Crippen LogP) is 7.28. The van der Waals surface area contributed by atoms with Gasteiger partial charge in [-0.15, -0.1) is 6.58 Å². The molecule has 0 radical (unpaired) electrons. The molecule has 2 aliphatic heterocycles. The fourth-order valence-corrected chi connectivity index (χ4v) is 5.94. The molecule has 0 bridgehead atoms. The summed E-state index contributed by atoms with van der Waals surface area (Å²) < 4.78 is 14.1. The lowest BCUT2D eigenvalue weighted by Crippen LogP contribution is -2.45. The van der Waals surface area contributed by atoms with E-state index in [-0.39, 0.29) is 5.82 Å². The molecule has 0 aromatic heterocycles. The number of likely N-dealkylation sites (tertiary alicyclic amines) is 1. The van der Waals surface area contributed by atoms with Crippen LogP contribution in [-0.4, -0.2) is 86.5 Å². The molecule has 2 saturated heterocycles. The van der Waals surface area contributed by atoms with Crippen molar-refractivity contribution in [2.24, 2.45) is 27.7 Å². The Hall–Kier alpha value is -2.90. The van der Waals surface area contributed by atoms with E-state index in [1.54, 1.807) is 18.3 Å². The number of nitrogens with one attached hydrogen (secondary N) is 1. The Morgan fingerprint density at radius 1 is 1.14 bits per heavy atom. The highest BCUT2D eigenvalue weighted by atomic mass is 19.1. The summed E-state index contributed by atoms with van der Waals surface area (Å²) in [7, 11) is 2.02. The van der Waals surface area contributed by atoms with Gasteiger partial charge >= 0.3 is 0 Å². The van der Waals surface area contributed by atoms with Gasteiger partial charge in [0, 0.05) is 32.4 Å². The Balaban J connectivity index is 0.000000451. The molecule has 43 heavy (non-hydrogen) atoms. The second-order valence-corrected chi connectivity index (χ2v) is 11.8. The number of likely N-dealkylation sites (N-methyl/N-ethyl adjacent to an activating group) is 1. The van der Waals surface area contributed by atoms with Gasteiger partial charge in [0.2, 0.25) is 0 Å². The second kappa shape index (κ2) is 20.1. The number of piperidine rings is 1. The molecule has 3 fully saturated rings. The first-order valence-corrected chi connectivity index (χ1v) is 16.2. The average molecular weight is 593 g/mol. The van der Waals surface area contributed by atoms with Crippen molar-refractivity contribution in [3.8, 4) is 0 Å². The monoisotopic (exact) mass is 592 g/mol. The van der Waals surface area contributed by atoms with E-state index in [1.807, 2.05) is 44.2 Å². The first-order valence-electron chi connectivity index (χ1n) is 16.2. The van der Waals surface area contributed by atoms with Crippen LogP contribution >= 0.6 is 0 Å². The lowest BCUT2D eigenvalue weighted by Gasteiger charge is -2.31. The van der Waals surface area contributed by atoms with Crippen LogP contribution in [0.4, 0.5) is 4.39 Å². The van der Waals surface area contributed by atoms with Gasteiger partial charge in [0.25, 0.3) is 0 Å². The van der Waals surface area contributed by atoms with Gasteiger partial charge in [-0.25, -0.2) is 4.39 Å². The van der Waals surface area contributed by atoms with E-state index in [0.29, 0.717) is 18.8 Å². The highest BCUT2D eigenvalue weighted by Crippen LogP contribution is 2.50. The number of hydrogen-bond donors (Lipinski definition) is 1. The number of piperazine rings is 1. The van der Waals surface area contributed by atoms with Crippen LogP contribution in [0.2, 0.25) is 0 Å². The van der Waals surface area contributed by atoms with E-state index in [4.69, 9.17) is 5.41 Å². The van der Waals surface area contributed by atoms with Gasteiger partial charge in [0.15, 0.2) is 0 Å². The molecule has 3 aliphatic rings. The number of aliphatic imine (C=N–C) groups is 2. The first kappa shape index (κ1) is 36.3. The van der Waals surface area contributed by atoms with Crippen LogP contribution in [0, 0.1) is 29.0 Å². The van der Waals surface area contributed by atoms with Crippen molar-refractivity contribution < 1.29 is 4.39 Å². The quantitative estimate of drug-likeness (QED) is 0.193. The Kier molecular flexibility index (Phi) is 17.0. The third kappa shape index (κ3) is 13.1. The highest BCUT2D eigenvalue weighted by molar-refractivity contribution is 5.82. The smallest absolute Gasteiger partial charge is 0.126 e. The summed E-state index contributed by atoms with van der Waals surface area (Å²) in [5.41, 5.74) is 3.02. The molecular formula is C36H57FN6. The molecule has 0 spiro atoms. The topological polar surface area (TPSA) is 58.3 Å². The molecule has 2 heterocycles. The lowest BCUT2D eigenvalue weighted by molar-refractivity contribution is 0.173. The maximum atomic E-state index is 14.1. The molecule has 1 aromatic carbocycles. The van der Waals surface area contributed by atoms with Crippen LogP contribution in [0.15, 0.2) is 65.3 Å². The number of halogens is 1. The number of benzene rings is 1. The Bertz CT molecular complexity index is 1070. The van der Waals surface area contributed by atoms with E-state index >= 15 is 0 Å². The van der Waals surface area contributed by atoms with Crippen molar-refractivity contribution in [3.05, 3.63) is 72.2 Å². The van der Waals surface area contributed by atoms with Crippen molar-refractivity contribution in [1.82, 2.24) is 14.7 Å². The zero-order valence-corrected chi connectivity index (χ0v) is 27.4. The Labute approximate surface area is 261 Å². The molecular weight excluding hydrogens is 535 g/mol. The molecule has 1 saturated carbocycles. The standard InChI is InChI=1S/C27H38FN3.C7H13N3.C2H6/c1-4-6-24-10-9-22(17-27(24)28)7-5-8-25-18-26(25)23-12-15-31(16-13-23)20-30-19-21(2)11-14-29-3;1-3-10-5-4-9(2)6-7(10)8;1-2/h4,9-11,17,19,23,25-26H,1,3,5-8,12-16,18,20H2,2H3;3,8H,1,4-6H2,2H3;1-2H3/b21-11-,30-19-;;. The molecule has 2 atom stereocenters. The van der Waals surface area contributed by atoms with Crippen LogP contribution in [0.3, 0.4) is 0 Å². The zero-order valence-electron chi connectivity index (χ0n) is 27.4. The van der Waals surface area contributed by atoms with E-state index in [9.17, 15) is 4.39 Å². The number of amidine groups is 1. The van der Waals surface area contributed by atoms with E-state index in [2.05, 4.69) is 52.7 Å². The first-order chi connectivity index (χ1) is 20.8. The van der Waals surface area contributed by atoms with Crippen LogP contribution < -0.4 is 0 Å². The molecule has 6 nitrogen and oxygen atoms in total. The minimum absolute atomic E-state index is 0.0854. The zero-order chi connectivity index (χ0) is 31.6. The summed E-state index contributed by atoms with van der Waals surface area (Å²) in [4.78, 5) is 14.9. The van der Waals surface area contributed by atoms with Crippen molar-refractivity contribution >= 4 is 18.8 Å². The van der Waals surface area contributed by atoms with Crippen molar-refractivity contribution in [2.75, 3.05) is 53.0 Å². The summed E-state index contributed by atoms with van der Waals surface area (Å²) in [5, 5.41) is 7.49. The molecule has 4 rings (SSSR count). The lowest BCUT2D eigenvalue weighted by atomic mass is 9.90. The largest absolute Gasteiger partial charge is 0.335 e. The summed E-state index contributed by atoms with van der Waals surface area (Å²) in [6.07, 6.45) is 15.5. The number of allylic oxidation sites excluding steroid dienone is 2. The molecule has 1 N–H and O–H groups in total. The van der Waals surface area contributed by atoms with Gasteiger partial charge in [-0.05, 0) is 112 Å². The van der Waals surface area contributed by atoms with Crippen LogP contribution in [0.25, 0.3) is 0 Å². The van der Waals surface area contributed by atoms with E-state index in [1.165, 1.54) is 45.2 Å².